The smallest absolute Gasteiger partial charge is 0.130 e. The van der Waals surface area contributed by atoms with Crippen LogP contribution in [0.4, 0.5) is 0 Å². The van der Waals surface area contributed by atoms with E-state index in [0.717, 1.165) is 26.9 Å². The molecule has 0 radical (unpaired) electrons. The molecule has 1 aliphatic heterocycles. The highest BCUT2D eigenvalue weighted by Crippen LogP contribution is 2.10. The lowest BCUT2D eigenvalue weighted by Crippen LogP contribution is -2.27. The van der Waals surface area contributed by atoms with Gasteiger partial charge in [0.05, 0.1) is 10.7 Å². The average Bonchev–Trinajstić information content (AvgIpc) is 2.48. The molecule has 0 saturated heterocycles. The zero-order chi connectivity index (χ0) is 8.72. The van der Waals surface area contributed by atoms with Gasteiger partial charge < -0.3 is 0 Å². The fraction of sp³-hybridized carbons (Fsp3) is 0.333. The van der Waals surface area contributed by atoms with E-state index in [2.05, 4.69) is 9.98 Å². The first-order valence-corrected chi connectivity index (χ1v) is 4.22. The molecule has 0 aromatic heterocycles. The Morgan fingerprint density at radius 2 is 1.92 bits per heavy atom. The van der Waals surface area contributed by atoms with Crippen molar-refractivity contribution in [3.63, 3.8) is 0 Å². The Bertz CT molecular complexity index is 449. The van der Waals surface area contributed by atoms with E-state index in [1.54, 1.807) is 0 Å². The Morgan fingerprint density at radius 3 is 2.67 bits per heavy atom. The first kappa shape index (κ1) is 7.74. The molecule has 0 N–H and O–H groups in total. The lowest BCUT2D eigenvalue weighted by molar-refractivity contribution is 1.05. The van der Waals surface area contributed by atoms with Crippen LogP contribution in [0.3, 0.4) is 0 Å². The van der Waals surface area contributed by atoms with Crippen LogP contribution in [-0.2, 0) is 0 Å². The van der Waals surface area contributed by atoms with E-state index >= 15 is 0 Å². The molecule has 0 bridgehead atoms. The Kier molecular flexibility index (Phi) is 1.65. The Balaban J connectivity index is 2.99. The fourth-order valence-corrected chi connectivity index (χ4v) is 1.67. The van der Waals surface area contributed by atoms with Crippen LogP contribution in [0.5, 0.6) is 0 Å². The molecule has 0 spiro atoms. The van der Waals surface area contributed by atoms with Crippen molar-refractivity contribution in [3.05, 3.63) is 32.9 Å². The molecule has 0 aliphatic carbocycles. The number of halogens is 1. The molecule has 0 fully saturated rings. The van der Waals surface area contributed by atoms with Crippen LogP contribution in [0.1, 0.15) is 11.1 Å². The summed E-state index contributed by atoms with van der Waals surface area (Å²) in [5, 5.41) is 2.77. The van der Waals surface area contributed by atoms with E-state index < -0.39 is 0 Å². The molecule has 62 valence electrons. The minimum atomic E-state index is 0.553. The third kappa shape index (κ3) is 0.950. The van der Waals surface area contributed by atoms with E-state index in [9.17, 15) is 0 Å². The van der Waals surface area contributed by atoms with E-state index in [4.69, 9.17) is 11.6 Å². The third-order valence-electron chi connectivity index (χ3n) is 2.11. The average molecular weight is 181 g/mol. The summed E-state index contributed by atoms with van der Waals surface area (Å²) in [7, 11) is 0. The molecule has 12 heavy (non-hydrogen) atoms. The number of benzene rings is 1. The van der Waals surface area contributed by atoms with E-state index in [0.29, 0.717) is 6.67 Å². The predicted octanol–water partition coefficient (Wildman–Crippen LogP) is 1.17. The summed E-state index contributed by atoms with van der Waals surface area (Å²) in [6.45, 7) is 4.54. The lowest BCUT2D eigenvalue weighted by atomic mass is 10.1. The zero-order valence-corrected chi connectivity index (χ0v) is 7.81. The van der Waals surface area contributed by atoms with Crippen LogP contribution in [0.25, 0.3) is 0 Å². The molecule has 2 nitrogen and oxygen atoms in total. The van der Waals surface area contributed by atoms with Gasteiger partial charge in [0, 0.05) is 5.02 Å². The number of rotatable bonds is 0. The molecule has 1 aliphatic rings. The Labute approximate surface area is 75.6 Å². The van der Waals surface area contributed by atoms with Gasteiger partial charge in [-0.05, 0) is 31.0 Å². The van der Waals surface area contributed by atoms with E-state index in [-0.39, 0.29) is 0 Å². The zero-order valence-electron chi connectivity index (χ0n) is 7.06. The van der Waals surface area contributed by atoms with Crippen molar-refractivity contribution < 1.29 is 0 Å². The second kappa shape index (κ2) is 2.56. The summed E-state index contributed by atoms with van der Waals surface area (Å²) in [6, 6.07) is 1.94. The maximum atomic E-state index is 6.00. The maximum absolute atomic E-state index is 6.00. The monoisotopic (exact) mass is 180 g/mol. The normalized spacial score (nSPS) is 13.6. The van der Waals surface area contributed by atoms with Crippen molar-refractivity contribution in [2.45, 2.75) is 13.8 Å². The van der Waals surface area contributed by atoms with Crippen LogP contribution in [0.2, 0.25) is 5.02 Å². The number of hydrogen-bond acceptors (Lipinski definition) is 2. The summed E-state index contributed by atoms with van der Waals surface area (Å²) >= 11 is 6.00. The van der Waals surface area contributed by atoms with Gasteiger partial charge >= 0.3 is 0 Å². The first-order valence-electron chi connectivity index (χ1n) is 3.85. The van der Waals surface area contributed by atoms with Gasteiger partial charge in [0.15, 0.2) is 0 Å². The van der Waals surface area contributed by atoms with E-state index in [1.807, 2.05) is 19.9 Å². The second-order valence-corrected chi connectivity index (χ2v) is 3.36. The van der Waals surface area contributed by atoms with Gasteiger partial charge in [-0.3, -0.25) is 9.98 Å². The van der Waals surface area contributed by atoms with Crippen LogP contribution in [0, 0.1) is 13.8 Å². The number of aryl methyl sites for hydroxylation is 1. The molecule has 1 aromatic carbocycles. The van der Waals surface area contributed by atoms with Crippen molar-refractivity contribution in [2.24, 2.45) is 9.98 Å². The highest BCUT2D eigenvalue weighted by atomic mass is 35.5. The topological polar surface area (TPSA) is 24.7 Å². The van der Waals surface area contributed by atoms with Crippen LogP contribution < -0.4 is 10.7 Å². The Morgan fingerprint density at radius 1 is 1.25 bits per heavy atom. The number of hydrogen-bond donors (Lipinski definition) is 0. The summed E-state index contributed by atoms with van der Waals surface area (Å²) in [5.41, 5.74) is 2.15. The SMILES string of the molecule is Cc1cc(Cl)c(C)c2c1=NCN=2. The van der Waals surface area contributed by atoms with Crippen molar-refractivity contribution in [2.75, 3.05) is 6.67 Å². The summed E-state index contributed by atoms with van der Waals surface area (Å²) < 4.78 is 0. The minimum Gasteiger partial charge on any atom is -0.259 e. The van der Waals surface area contributed by atoms with Crippen molar-refractivity contribution in [3.8, 4) is 0 Å². The molecule has 1 heterocycles. The van der Waals surface area contributed by atoms with Crippen molar-refractivity contribution in [1.29, 1.82) is 0 Å². The van der Waals surface area contributed by atoms with Crippen LogP contribution in [-0.4, -0.2) is 6.67 Å². The molecule has 2 rings (SSSR count). The second-order valence-electron chi connectivity index (χ2n) is 2.96. The first-order chi connectivity index (χ1) is 5.70. The van der Waals surface area contributed by atoms with Gasteiger partial charge in [-0.15, -0.1) is 0 Å². The molecule has 0 saturated carbocycles. The summed E-state index contributed by atoms with van der Waals surface area (Å²) in [4.78, 5) is 8.54. The highest BCUT2D eigenvalue weighted by Gasteiger charge is 2.06. The van der Waals surface area contributed by atoms with Gasteiger partial charge in [0.25, 0.3) is 0 Å². The lowest BCUT2D eigenvalue weighted by Gasteiger charge is -1.98. The summed E-state index contributed by atoms with van der Waals surface area (Å²) in [6.07, 6.45) is 0. The van der Waals surface area contributed by atoms with Crippen molar-refractivity contribution in [1.82, 2.24) is 0 Å². The maximum Gasteiger partial charge on any atom is 0.130 e. The van der Waals surface area contributed by atoms with Gasteiger partial charge in [0.2, 0.25) is 0 Å². The van der Waals surface area contributed by atoms with Crippen molar-refractivity contribution >= 4 is 11.6 Å². The van der Waals surface area contributed by atoms with Crippen LogP contribution in [0.15, 0.2) is 16.1 Å². The highest BCUT2D eigenvalue weighted by molar-refractivity contribution is 6.31. The molecule has 0 amide bonds. The third-order valence-corrected chi connectivity index (χ3v) is 2.50. The summed E-state index contributed by atoms with van der Waals surface area (Å²) in [5.74, 6) is 0. The molecule has 0 atom stereocenters. The Hall–Kier alpha value is -0.890. The fourth-order valence-electron chi connectivity index (χ4n) is 1.41. The molecule has 0 unspecified atom stereocenters. The van der Waals surface area contributed by atoms with Gasteiger partial charge in [-0.25, -0.2) is 0 Å². The predicted molar refractivity (Wildman–Crippen MR) is 48.1 cm³/mol. The molecular formula is C9H9ClN2. The molecule has 3 heteroatoms. The largest absolute Gasteiger partial charge is 0.259 e. The van der Waals surface area contributed by atoms with Gasteiger partial charge in [-0.1, -0.05) is 11.6 Å². The van der Waals surface area contributed by atoms with Gasteiger partial charge in [-0.2, -0.15) is 0 Å². The van der Waals surface area contributed by atoms with Gasteiger partial charge in [0.1, 0.15) is 6.67 Å². The number of fused-ring (bicyclic) bond motifs is 1. The quantitative estimate of drug-likeness (QED) is 0.573. The minimum absolute atomic E-state index is 0.553. The number of nitrogens with zero attached hydrogens (tertiary/aromatic N) is 2. The molecule has 1 aromatic rings. The standard InChI is InChI=1S/C9H9ClN2/c1-5-3-7(10)6(2)9-8(5)11-4-12-9/h3H,4H2,1-2H3. The molecular weight excluding hydrogens is 172 g/mol. The van der Waals surface area contributed by atoms with E-state index in [1.165, 1.54) is 0 Å². The van der Waals surface area contributed by atoms with Crippen LogP contribution >= 0.6 is 11.6 Å².